The highest BCUT2D eigenvalue weighted by molar-refractivity contribution is 5.93. The molecule has 20 heavy (non-hydrogen) atoms. The van der Waals surface area contributed by atoms with Gasteiger partial charge in [0.05, 0.1) is 18.3 Å². The Balaban J connectivity index is 2.32. The number of rotatable bonds is 5. The van der Waals surface area contributed by atoms with Crippen molar-refractivity contribution in [3.8, 4) is 0 Å². The lowest BCUT2D eigenvalue weighted by molar-refractivity contribution is 0.0697. The third-order valence-electron chi connectivity index (χ3n) is 2.99. The first kappa shape index (κ1) is 14.0. The van der Waals surface area contributed by atoms with Crippen LogP contribution in [0.4, 0.5) is 5.69 Å². The van der Waals surface area contributed by atoms with Gasteiger partial charge in [0.2, 0.25) is 0 Å². The van der Waals surface area contributed by atoms with Crippen LogP contribution in [0, 0.1) is 6.92 Å². The SMILES string of the molecule is Cc1cc(NC(CO)c2ccccc2)c(C(=O)O)cn1. The lowest BCUT2D eigenvalue weighted by atomic mass is 10.1. The topological polar surface area (TPSA) is 82.5 Å². The molecule has 1 aromatic carbocycles. The summed E-state index contributed by atoms with van der Waals surface area (Å²) in [7, 11) is 0. The Kier molecular flexibility index (Phi) is 4.32. The number of aliphatic hydroxyl groups is 1. The van der Waals surface area contributed by atoms with Crippen molar-refractivity contribution >= 4 is 11.7 Å². The number of hydrogen-bond donors (Lipinski definition) is 3. The summed E-state index contributed by atoms with van der Waals surface area (Å²) in [5.74, 6) is -1.05. The Morgan fingerprint density at radius 1 is 1.35 bits per heavy atom. The molecule has 1 heterocycles. The van der Waals surface area contributed by atoms with Gasteiger partial charge in [0, 0.05) is 11.9 Å². The van der Waals surface area contributed by atoms with Gasteiger partial charge in [-0.3, -0.25) is 4.98 Å². The first-order valence-electron chi connectivity index (χ1n) is 6.24. The van der Waals surface area contributed by atoms with Gasteiger partial charge in [0.1, 0.15) is 5.56 Å². The van der Waals surface area contributed by atoms with E-state index < -0.39 is 5.97 Å². The van der Waals surface area contributed by atoms with Crippen LogP contribution in [0.3, 0.4) is 0 Å². The van der Waals surface area contributed by atoms with Crippen LogP contribution in [0.5, 0.6) is 0 Å². The Morgan fingerprint density at radius 3 is 2.65 bits per heavy atom. The Morgan fingerprint density at radius 2 is 2.05 bits per heavy atom. The number of hydrogen-bond acceptors (Lipinski definition) is 4. The second-order valence-electron chi connectivity index (χ2n) is 4.47. The van der Waals surface area contributed by atoms with Crippen LogP contribution in [0.1, 0.15) is 27.7 Å². The quantitative estimate of drug-likeness (QED) is 0.777. The van der Waals surface area contributed by atoms with Gasteiger partial charge >= 0.3 is 5.97 Å². The van der Waals surface area contributed by atoms with E-state index in [-0.39, 0.29) is 18.2 Å². The molecule has 0 bridgehead atoms. The van der Waals surface area contributed by atoms with Crippen molar-refractivity contribution < 1.29 is 15.0 Å². The molecule has 1 unspecified atom stereocenters. The Bertz CT molecular complexity index is 599. The van der Waals surface area contributed by atoms with E-state index in [1.165, 1.54) is 6.20 Å². The summed E-state index contributed by atoms with van der Waals surface area (Å²) >= 11 is 0. The summed E-state index contributed by atoms with van der Waals surface area (Å²) in [4.78, 5) is 15.2. The average molecular weight is 272 g/mol. The number of benzene rings is 1. The normalized spacial score (nSPS) is 11.9. The van der Waals surface area contributed by atoms with Crippen LogP contribution in [0.15, 0.2) is 42.6 Å². The molecule has 0 radical (unpaired) electrons. The van der Waals surface area contributed by atoms with Gasteiger partial charge in [-0.25, -0.2) is 4.79 Å². The molecule has 104 valence electrons. The third kappa shape index (κ3) is 3.13. The van der Waals surface area contributed by atoms with Gasteiger partial charge in [-0.1, -0.05) is 30.3 Å². The number of pyridine rings is 1. The molecule has 2 aromatic rings. The Labute approximate surface area is 116 Å². The van der Waals surface area contributed by atoms with Crippen molar-refractivity contribution in [2.75, 3.05) is 11.9 Å². The minimum atomic E-state index is -1.05. The van der Waals surface area contributed by atoms with Crippen molar-refractivity contribution in [3.05, 3.63) is 59.4 Å². The molecule has 0 aliphatic rings. The maximum atomic E-state index is 11.2. The summed E-state index contributed by atoms with van der Waals surface area (Å²) in [5.41, 5.74) is 2.14. The molecule has 1 aromatic heterocycles. The summed E-state index contributed by atoms with van der Waals surface area (Å²) in [6.07, 6.45) is 1.32. The van der Waals surface area contributed by atoms with Crippen molar-refractivity contribution in [1.82, 2.24) is 4.98 Å². The molecular weight excluding hydrogens is 256 g/mol. The van der Waals surface area contributed by atoms with Gasteiger partial charge in [0.15, 0.2) is 0 Å². The molecule has 0 saturated carbocycles. The van der Waals surface area contributed by atoms with Gasteiger partial charge < -0.3 is 15.5 Å². The first-order valence-corrected chi connectivity index (χ1v) is 6.24. The van der Waals surface area contributed by atoms with Gasteiger partial charge in [-0.15, -0.1) is 0 Å². The number of aromatic nitrogens is 1. The summed E-state index contributed by atoms with van der Waals surface area (Å²) in [6, 6.07) is 10.7. The van der Waals surface area contributed by atoms with E-state index in [0.29, 0.717) is 11.4 Å². The zero-order chi connectivity index (χ0) is 14.5. The van der Waals surface area contributed by atoms with Gasteiger partial charge in [-0.2, -0.15) is 0 Å². The van der Waals surface area contributed by atoms with E-state index >= 15 is 0 Å². The van der Waals surface area contributed by atoms with Crippen molar-refractivity contribution in [1.29, 1.82) is 0 Å². The molecule has 0 saturated heterocycles. The predicted octanol–water partition coefficient (Wildman–Crippen LogP) is 2.23. The molecule has 5 nitrogen and oxygen atoms in total. The summed E-state index contributed by atoms with van der Waals surface area (Å²) in [6.45, 7) is 1.65. The maximum absolute atomic E-state index is 11.2. The maximum Gasteiger partial charge on any atom is 0.339 e. The number of nitrogens with one attached hydrogen (secondary N) is 1. The number of aliphatic hydroxyl groups excluding tert-OH is 1. The monoisotopic (exact) mass is 272 g/mol. The minimum Gasteiger partial charge on any atom is -0.478 e. The van der Waals surface area contributed by atoms with Gasteiger partial charge in [-0.05, 0) is 18.6 Å². The van der Waals surface area contributed by atoms with Crippen LogP contribution in [0.25, 0.3) is 0 Å². The molecular formula is C15H16N2O3. The van der Waals surface area contributed by atoms with Crippen LogP contribution in [-0.2, 0) is 0 Å². The number of anilines is 1. The molecule has 2 rings (SSSR count). The second kappa shape index (κ2) is 6.16. The van der Waals surface area contributed by atoms with E-state index in [4.69, 9.17) is 0 Å². The number of carboxylic acid groups (broad SMARTS) is 1. The molecule has 0 aliphatic carbocycles. The molecule has 5 heteroatoms. The highest BCUT2D eigenvalue weighted by Crippen LogP contribution is 2.22. The summed E-state index contributed by atoms with van der Waals surface area (Å²) < 4.78 is 0. The predicted molar refractivity (Wildman–Crippen MR) is 75.8 cm³/mol. The van der Waals surface area contributed by atoms with Crippen molar-refractivity contribution in [2.45, 2.75) is 13.0 Å². The number of aryl methyl sites for hydroxylation is 1. The number of aromatic carboxylic acids is 1. The fraction of sp³-hybridized carbons (Fsp3) is 0.200. The van der Waals surface area contributed by atoms with E-state index in [2.05, 4.69) is 10.3 Å². The van der Waals surface area contributed by atoms with Crippen molar-refractivity contribution in [3.63, 3.8) is 0 Å². The molecule has 1 atom stereocenters. The summed E-state index contributed by atoms with van der Waals surface area (Å²) in [5, 5.41) is 21.7. The minimum absolute atomic E-state index is 0.0879. The third-order valence-corrected chi connectivity index (χ3v) is 2.99. The van der Waals surface area contributed by atoms with E-state index in [0.717, 1.165) is 5.56 Å². The van der Waals surface area contributed by atoms with E-state index in [9.17, 15) is 15.0 Å². The number of nitrogens with zero attached hydrogens (tertiary/aromatic N) is 1. The lowest BCUT2D eigenvalue weighted by Crippen LogP contribution is -2.17. The lowest BCUT2D eigenvalue weighted by Gasteiger charge is -2.19. The van der Waals surface area contributed by atoms with Crippen LogP contribution in [-0.4, -0.2) is 27.8 Å². The standard InChI is InChI=1S/C15H16N2O3/c1-10-7-13(12(8-16-10)15(19)20)17-14(9-18)11-5-3-2-4-6-11/h2-8,14,18H,9H2,1H3,(H,16,17)(H,19,20). The van der Waals surface area contributed by atoms with E-state index in [1.807, 2.05) is 30.3 Å². The molecule has 0 aliphatic heterocycles. The highest BCUT2D eigenvalue weighted by atomic mass is 16.4. The number of carboxylic acids is 1. The largest absolute Gasteiger partial charge is 0.478 e. The average Bonchev–Trinajstić information content (AvgIpc) is 2.45. The van der Waals surface area contributed by atoms with Crippen molar-refractivity contribution in [2.24, 2.45) is 0 Å². The molecule has 0 spiro atoms. The number of carbonyl (C=O) groups is 1. The van der Waals surface area contributed by atoms with E-state index in [1.54, 1.807) is 13.0 Å². The zero-order valence-electron chi connectivity index (χ0n) is 11.1. The second-order valence-corrected chi connectivity index (χ2v) is 4.47. The smallest absolute Gasteiger partial charge is 0.339 e. The molecule has 0 fully saturated rings. The zero-order valence-corrected chi connectivity index (χ0v) is 11.1. The van der Waals surface area contributed by atoms with Crippen LogP contribution < -0.4 is 5.32 Å². The fourth-order valence-corrected chi connectivity index (χ4v) is 1.96. The van der Waals surface area contributed by atoms with Gasteiger partial charge in [0.25, 0.3) is 0 Å². The van der Waals surface area contributed by atoms with Crippen LogP contribution in [0.2, 0.25) is 0 Å². The fourth-order valence-electron chi connectivity index (χ4n) is 1.96. The Hall–Kier alpha value is -2.40. The molecule has 0 amide bonds. The molecule has 3 N–H and O–H groups in total. The highest BCUT2D eigenvalue weighted by Gasteiger charge is 2.16. The first-order chi connectivity index (χ1) is 9.61. The van der Waals surface area contributed by atoms with Crippen LogP contribution >= 0.6 is 0 Å².